The molecule has 2 aromatic carbocycles. The first-order chi connectivity index (χ1) is 15.0. The monoisotopic (exact) mass is 440 g/mol. The third kappa shape index (κ3) is 4.56. The van der Waals surface area contributed by atoms with Gasteiger partial charge in [-0.2, -0.15) is 0 Å². The van der Waals surface area contributed by atoms with Crippen LogP contribution in [0, 0.1) is 5.82 Å². The largest absolute Gasteiger partial charge is 0.493 e. The van der Waals surface area contributed by atoms with Gasteiger partial charge in [-0.25, -0.2) is 9.37 Å². The van der Waals surface area contributed by atoms with E-state index in [1.54, 1.807) is 26.4 Å². The van der Waals surface area contributed by atoms with Crippen LogP contribution >= 0.6 is 11.3 Å². The second-order valence-corrected chi connectivity index (χ2v) is 8.59. The molecule has 0 radical (unpaired) electrons. The summed E-state index contributed by atoms with van der Waals surface area (Å²) in [6.07, 6.45) is 4.00. The Morgan fingerprint density at radius 1 is 1.10 bits per heavy atom. The molecule has 1 aliphatic rings. The summed E-state index contributed by atoms with van der Waals surface area (Å²) >= 11 is 1.49. The fourth-order valence-electron chi connectivity index (χ4n) is 4.20. The van der Waals surface area contributed by atoms with E-state index in [1.807, 2.05) is 23.6 Å². The van der Waals surface area contributed by atoms with Crippen molar-refractivity contribution in [2.75, 3.05) is 14.2 Å². The quantitative estimate of drug-likeness (QED) is 0.556. The van der Waals surface area contributed by atoms with Gasteiger partial charge in [0.1, 0.15) is 10.8 Å². The zero-order valence-electron chi connectivity index (χ0n) is 17.6. The topological polar surface area (TPSA) is 60.5 Å². The summed E-state index contributed by atoms with van der Waals surface area (Å²) in [6, 6.07) is 12.1. The van der Waals surface area contributed by atoms with E-state index in [0.717, 1.165) is 47.5 Å². The molecule has 1 N–H and O–H groups in total. The predicted molar refractivity (Wildman–Crippen MR) is 119 cm³/mol. The van der Waals surface area contributed by atoms with E-state index >= 15 is 0 Å². The lowest BCUT2D eigenvalue weighted by Crippen LogP contribution is -2.44. The summed E-state index contributed by atoms with van der Waals surface area (Å²) in [5.41, 5.74) is 2.17. The fraction of sp³-hybridized carbons (Fsp3) is 0.333. The highest BCUT2D eigenvalue weighted by Crippen LogP contribution is 2.39. The fourth-order valence-corrected chi connectivity index (χ4v) is 5.02. The molecule has 1 amide bonds. The van der Waals surface area contributed by atoms with Crippen LogP contribution in [0.1, 0.15) is 36.9 Å². The van der Waals surface area contributed by atoms with Gasteiger partial charge >= 0.3 is 0 Å². The van der Waals surface area contributed by atoms with Crippen LogP contribution < -0.4 is 14.8 Å². The molecule has 3 aromatic rings. The second-order valence-electron chi connectivity index (χ2n) is 7.73. The number of hydrogen-bond donors (Lipinski definition) is 1. The van der Waals surface area contributed by atoms with Gasteiger partial charge in [-0.1, -0.05) is 25.0 Å². The highest BCUT2D eigenvalue weighted by molar-refractivity contribution is 7.13. The number of methoxy groups -OCH3 is 2. The standard InChI is InChI=1S/C24H25FN2O3S/c1-29-20-10-5-16(13-21(20)30-2)23-26-19(15-31-23)14-22(28)27-24(11-3-4-12-24)17-6-8-18(25)9-7-17/h5-10,13,15H,3-4,11-12,14H2,1-2H3,(H,27,28). The number of nitrogens with one attached hydrogen (secondary N) is 1. The number of rotatable bonds is 7. The number of hydrogen-bond acceptors (Lipinski definition) is 5. The van der Waals surface area contributed by atoms with Gasteiger partial charge in [0.05, 0.1) is 31.9 Å². The van der Waals surface area contributed by atoms with E-state index in [-0.39, 0.29) is 18.1 Å². The summed E-state index contributed by atoms with van der Waals surface area (Å²) in [4.78, 5) is 17.5. The summed E-state index contributed by atoms with van der Waals surface area (Å²) in [5, 5.41) is 5.95. The maximum atomic E-state index is 13.4. The molecule has 4 rings (SSSR count). The van der Waals surface area contributed by atoms with E-state index in [1.165, 1.54) is 23.5 Å². The maximum Gasteiger partial charge on any atom is 0.226 e. The first kappa shape index (κ1) is 21.3. The molecule has 0 bridgehead atoms. The number of carbonyl (C=O) groups excluding carboxylic acids is 1. The van der Waals surface area contributed by atoms with Crippen molar-refractivity contribution >= 4 is 17.2 Å². The van der Waals surface area contributed by atoms with Gasteiger partial charge in [-0.3, -0.25) is 4.79 Å². The molecule has 7 heteroatoms. The van der Waals surface area contributed by atoms with E-state index in [2.05, 4.69) is 10.3 Å². The molecule has 1 heterocycles. The van der Waals surface area contributed by atoms with Crippen molar-refractivity contribution in [3.63, 3.8) is 0 Å². The van der Waals surface area contributed by atoms with Gasteiger partial charge in [0, 0.05) is 10.9 Å². The molecule has 0 saturated heterocycles. The van der Waals surface area contributed by atoms with Gasteiger partial charge in [0.25, 0.3) is 0 Å². The van der Waals surface area contributed by atoms with Crippen molar-refractivity contribution in [3.05, 3.63) is 64.9 Å². The summed E-state index contributed by atoms with van der Waals surface area (Å²) in [5.74, 6) is 0.950. The SMILES string of the molecule is COc1ccc(-c2nc(CC(=O)NC3(c4ccc(F)cc4)CCCC3)cs2)cc1OC. The van der Waals surface area contributed by atoms with Crippen LogP contribution in [-0.2, 0) is 16.8 Å². The van der Waals surface area contributed by atoms with Crippen LogP contribution in [0.2, 0.25) is 0 Å². The average Bonchev–Trinajstić information content (AvgIpc) is 3.44. The molecule has 1 aliphatic carbocycles. The van der Waals surface area contributed by atoms with Gasteiger partial charge < -0.3 is 14.8 Å². The molecule has 31 heavy (non-hydrogen) atoms. The second kappa shape index (κ2) is 9.06. The molecule has 1 fully saturated rings. The average molecular weight is 441 g/mol. The van der Waals surface area contributed by atoms with Crippen molar-refractivity contribution in [1.29, 1.82) is 0 Å². The zero-order valence-corrected chi connectivity index (χ0v) is 18.4. The Labute approximate surface area is 185 Å². The van der Waals surface area contributed by atoms with Gasteiger partial charge in [0.15, 0.2) is 11.5 Å². The predicted octanol–water partition coefficient (Wildman–Crippen LogP) is 5.09. The smallest absolute Gasteiger partial charge is 0.226 e. The molecule has 0 unspecified atom stereocenters. The lowest BCUT2D eigenvalue weighted by Gasteiger charge is -2.31. The van der Waals surface area contributed by atoms with Crippen molar-refractivity contribution in [2.45, 2.75) is 37.6 Å². The third-order valence-corrected chi connectivity index (χ3v) is 6.70. The number of halogens is 1. The summed E-state index contributed by atoms with van der Waals surface area (Å²) in [7, 11) is 3.19. The Bertz CT molecular complexity index is 1060. The Morgan fingerprint density at radius 2 is 1.81 bits per heavy atom. The minimum absolute atomic E-state index is 0.0737. The zero-order chi connectivity index (χ0) is 21.8. The van der Waals surface area contributed by atoms with E-state index in [4.69, 9.17) is 9.47 Å². The van der Waals surface area contributed by atoms with Crippen LogP contribution in [-0.4, -0.2) is 25.1 Å². The minimum Gasteiger partial charge on any atom is -0.493 e. The number of thiazole rings is 1. The van der Waals surface area contributed by atoms with Crippen molar-refractivity contribution in [2.24, 2.45) is 0 Å². The Hall–Kier alpha value is -2.93. The molecule has 0 aliphatic heterocycles. The van der Waals surface area contributed by atoms with Crippen LogP contribution in [0.25, 0.3) is 10.6 Å². The minimum atomic E-state index is -0.424. The number of amides is 1. The summed E-state index contributed by atoms with van der Waals surface area (Å²) in [6.45, 7) is 0. The maximum absolute atomic E-state index is 13.4. The van der Waals surface area contributed by atoms with Crippen LogP contribution in [0.3, 0.4) is 0 Å². The lowest BCUT2D eigenvalue weighted by molar-refractivity contribution is -0.122. The van der Waals surface area contributed by atoms with Crippen LogP contribution in [0.15, 0.2) is 47.8 Å². The van der Waals surface area contributed by atoms with Crippen molar-refractivity contribution < 1.29 is 18.7 Å². The lowest BCUT2D eigenvalue weighted by atomic mass is 9.88. The Kier molecular flexibility index (Phi) is 6.23. The van der Waals surface area contributed by atoms with Crippen LogP contribution in [0.5, 0.6) is 11.5 Å². The molecule has 1 aromatic heterocycles. The summed E-state index contributed by atoms with van der Waals surface area (Å²) < 4.78 is 24.0. The normalized spacial score (nSPS) is 14.9. The number of carbonyl (C=O) groups is 1. The van der Waals surface area contributed by atoms with Crippen molar-refractivity contribution in [3.8, 4) is 22.1 Å². The highest BCUT2D eigenvalue weighted by Gasteiger charge is 2.37. The third-order valence-electron chi connectivity index (χ3n) is 5.76. The molecular weight excluding hydrogens is 415 g/mol. The Morgan fingerprint density at radius 3 is 2.48 bits per heavy atom. The van der Waals surface area contributed by atoms with Crippen molar-refractivity contribution in [1.82, 2.24) is 10.3 Å². The van der Waals surface area contributed by atoms with E-state index in [0.29, 0.717) is 11.5 Å². The molecular formula is C24H25FN2O3S. The molecule has 1 saturated carbocycles. The number of nitrogens with zero attached hydrogens (tertiary/aromatic N) is 1. The highest BCUT2D eigenvalue weighted by atomic mass is 32.1. The van der Waals surface area contributed by atoms with Gasteiger partial charge in [-0.15, -0.1) is 11.3 Å². The molecule has 5 nitrogen and oxygen atoms in total. The van der Waals surface area contributed by atoms with Crippen LogP contribution in [0.4, 0.5) is 4.39 Å². The molecule has 162 valence electrons. The number of benzene rings is 2. The van der Waals surface area contributed by atoms with E-state index in [9.17, 15) is 9.18 Å². The first-order valence-corrected chi connectivity index (χ1v) is 11.1. The van der Waals surface area contributed by atoms with Gasteiger partial charge in [-0.05, 0) is 48.7 Å². The number of aromatic nitrogens is 1. The van der Waals surface area contributed by atoms with E-state index < -0.39 is 5.54 Å². The Balaban J connectivity index is 1.48. The van der Waals surface area contributed by atoms with Gasteiger partial charge in [0.2, 0.25) is 5.91 Å². The number of ether oxygens (including phenoxy) is 2. The molecule has 0 atom stereocenters. The first-order valence-electron chi connectivity index (χ1n) is 10.3. The molecule has 0 spiro atoms.